The zero-order chi connectivity index (χ0) is 22.8. The fourth-order valence-electron chi connectivity index (χ4n) is 4.57. The summed E-state index contributed by atoms with van der Waals surface area (Å²) in [4.78, 5) is 35.7. The first-order valence-electron chi connectivity index (χ1n) is 11.1. The van der Waals surface area contributed by atoms with Gasteiger partial charge >= 0.3 is 0 Å². The van der Waals surface area contributed by atoms with E-state index in [-0.39, 0.29) is 24.2 Å². The molecule has 1 saturated carbocycles. The van der Waals surface area contributed by atoms with Crippen molar-refractivity contribution in [3.05, 3.63) is 72.7 Å². The molecule has 7 nitrogen and oxygen atoms in total. The minimum absolute atomic E-state index is 0.135. The van der Waals surface area contributed by atoms with Gasteiger partial charge < -0.3 is 10.2 Å². The number of hydrogen-bond acceptors (Lipinski definition) is 5. The Kier molecular flexibility index (Phi) is 5.35. The van der Waals surface area contributed by atoms with Crippen molar-refractivity contribution in [2.24, 2.45) is 11.3 Å². The summed E-state index contributed by atoms with van der Waals surface area (Å²) in [7, 11) is 0. The first-order chi connectivity index (χ1) is 16.1. The van der Waals surface area contributed by atoms with E-state index in [0.717, 1.165) is 29.5 Å². The minimum atomic E-state index is -0.896. The number of carbonyl (C=O) groups is 2. The molecule has 0 unspecified atom stereocenters. The minimum Gasteiger partial charge on any atom is -0.311 e. The summed E-state index contributed by atoms with van der Waals surface area (Å²) in [5, 5.41) is 12.5. The molecule has 1 aliphatic heterocycles. The lowest BCUT2D eigenvalue weighted by molar-refractivity contribution is -0.123. The van der Waals surface area contributed by atoms with E-state index in [9.17, 15) is 14.9 Å². The lowest BCUT2D eigenvalue weighted by atomic mass is 9.83. The van der Waals surface area contributed by atoms with Crippen molar-refractivity contribution in [3.8, 4) is 17.2 Å². The van der Waals surface area contributed by atoms with Gasteiger partial charge in [-0.2, -0.15) is 5.26 Å². The van der Waals surface area contributed by atoms with Crippen LogP contribution in [0.2, 0.25) is 0 Å². The van der Waals surface area contributed by atoms with E-state index in [2.05, 4.69) is 21.4 Å². The number of rotatable bonds is 6. The average molecular weight is 438 g/mol. The zero-order valence-corrected chi connectivity index (χ0v) is 18.1. The highest BCUT2D eigenvalue weighted by Crippen LogP contribution is 2.51. The number of carbonyl (C=O) groups excluding carboxylic acids is 2. The van der Waals surface area contributed by atoms with Gasteiger partial charge in [0.05, 0.1) is 12.5 Å². The third kappa shape index (κ3) is 4.08. The molecule has 7 heteroatoms. The predicted octanol–water partition coefficient (Wildman–Crippen LogP) is 3.98. The van der Waals surface area contributed by atoms with Crippen LogP contribution in [-0.4, -0.2) is 28.3 Å². The number of anilines is 2. The van der Waals surface area contributed by atoms with Gasteiger partial charge in [-0.25, -0.2) is 4.98 Å². The van der Waals surface area contributed by atoms with Crippen molar-refractivity contribution >= 4 is 23.3 Å². The van der Waals surface area contributed by atoms with Gasteiger partial charge in [-0.15, -0.1) is 0 Å². The van der Waals surface area contributed by atoms with Gasteiger partial charge in [0.1, 0.15) is 11.2 Å². The van der Waals surface area contributed by atoms with Crippen LogP contribution >= 0.6 is 0 Å². The Hall–Kier alpha value is -4.05. The number of benzene rings is 1. The smallest absolute Gasteiger partial charge is 0.247 e. The lowest BCUT2D eigenvalue weighted by Crippen LogP contribution is -2.35. The van der Waals surface area contributed by atoms with E-state index in [1.807, 2.05) is 36.4 Å². The zero-order valence-electron chi connectivity index (χ0n) is 18.1. The molecule has 1 atom stereocenters. The van der Waals surface area contributed by atoms with Crippen molar-refractivity contribution in [3.63, 3.8) is 0 Å². The molecule has 0 radical (unpaired) electrons. The van der Waals surface area contributed by atoms with Gasteiger partial charge in [0.2, 0.25) is 11.8 Å². The van der Waals surface area contributed by atoms with Gasteiger partial charge in [0.15, 0.2) is 0 Å². The summed E-state index contributed by atoms with van der Waals surface area (Å²) in [5.41, 5.74) is 2.70. The maximum absolute atomic E-state index is 13.1. The van der Waals surface area contributed by atoms with Crippen LogP contribution < -0.4 is 10.2 Å². The van der Waals surface area contributed by atoms with Gasteiger partial charge in [0.25, 0.3) is 0 Å². The number of amides is 2. The third-order valence-corrected chi connectivity index (χ3v) is 6.46. The van der Waals surface area contributed by atoms with E-state index >= 15 is 0 Å². The molecule has 1 aliphatic carbocycles. The Morgan fingerprint density at radius 1 is 1.12 bits per heavy atom. The van der Waals surface area contributed by atoms with E-state index in [4.69, 9.17) is 0 Å². The SMILES string of the molecule is N#C[C@@]1(C2CC2)CCN(c2ccnc(NC(=O)Cc3cccc(-c4ccncc4)c3)c2)C1=O. The van der Waals surface area contributed by atoms with Crippen LogP contribution in [0.3, 0.4) is 0 Å². The van der Waals surface area contributed by atoms with Gasteiger partial charge in [-0.1, -0.05) is 24.3 Å². The molecule has 164 valence electrons. The molecule has 0 bridgehead atoms. The largest absolute Gasteiger partial charge is 0.311 e. The molecule has 3 heterocycles. The second-order valence-electron chi connectivity index (χ2n) is 8.62. The molecular weight excluding hydrogens is 414 g/mol. The number of pyridine rings is 2. The van der Waals surface area contributed by atoms with Crippen LogP contribution in [0.1, 0.15) is 24.8 Å². The molecule has 0 spiro atoms. The predicted molar refractivity (Wildman–Crippen MR) is 124 cm³/mol. The van der Waals surface area contributed by atoms with Crippen molar-refractivity contribution in [1.29, 1.82) is 5.26 Å². The first-order valence-corrected chi connectivity index (χ1v) is 11.1. The quantitative estimate of drug-likeness (QED) is 0.629. The Labute approximate surface area is 192 Å². The molecule has 2 fully saturated rings. The molecule has 1 N–H and O–H groups in total. The summed E-state index contributed by atoms with van der Waals surface area (Å²) in [5.74, 6) is 0.230. The summed E-state index contributed by atoms with van der Waals surface area (Å²) >= 11 is 0. The van der Waals surface area contributed by atoms with Gasteiger partial charge in [-0.3, -0.25) is 14.6 Å². The maximum atomic E-state index is 13.1. The highest BCUT2D eigenvalue weighted by atomic mass is 16.2. The van der Waals surface area contributed by atoms with Crippen LogP contribution in [0.25, 0.3) is 11.1 Å². The van der Waals surface area contributed by atoms with E-state index in [1.165, 1.54) is 0 Å². The number of nitrogens with zero attached hydrogens (tertiary/aromatic N) is 4. The lowest BCUT2D eigenvalue weighted by Gasteiger charge is -2.21. The Morgan fingerprint density at radius 2 is 1.94 bits per heavy atom. The van der Waals surface area contributed by atoms with E-state index in [0.29, 0.717) is 24.5 Å². The molecule has 1 saturated heterocycles. The highest BCUT2D eigenvalue weighted by Gasteiger charge is 2.56. The molecular formula is C26H23N5O2. The molecule has 3 aromatic rings. The summed E-state index contributed by atoms with van der Waals surface area (Å²) < 4.78 is 0. The van der Waals surface area contributed by atoms with Crippen molar-refractivity contribution in [1.82, 2.24) is 9.97 Å². The highest BCUT2D eigenvalue weighted by molar-refractivity contribution is 6.02. The number of hydrogen-bond donors (Lipinski definition) is 1. The molecule has 2 aliphatic rings. The molecule has 5 rings (SSSR count). The normalized spacial score (nSPS) is 19.8. The van der Waals surface area contributed by atoms with Crippen molar-refractivity contribution in [2.45, 2.75) is 25.7 Å². The summed E-state index contributed by atoms with van der Waals surface area (Å²) in [6, 6.07) is 17.4. The number of nitriles is 1. The van der Waals surface area contributed by atoms with Crippen LogP contribution in [0.4, 0.5) is 11.5 Å². The molecule has 1 aromatic carbocycles. The van der Waals surface area contributed by atoms with Crippen LogP contribution in [0.15, 0.2) is 67.1 Å². The second kappa shape index (κ2) is 8.47. The van der Waals surface area contributed by atoms with Crippen molar-refractivity contribution in [2.75, 3.05) is 16.8 Å². The van der Waals surface area contributed by atoms with E-state index in [1.54, 1.807) is 35.6 Å². The number of nitrogens with one attached hydrogen (secondary N) is 1. The van der Waals surface area contributed by atoms with Crippen LogP contribution in [0.5, 0.6) is 0 Å². The standard InChI is InChI=1S/C26H23N5O2/c27-17-26(21-4-5-21)9-13-31(25(26)33)22-8-12-29-23(16-22)30-24(32)15-18-2-1-3-20(14-18)19-6-10-28-11-7-19/h1-3,6-8,10-12,14,16,21H,4-5,9,13,15H2,(H,29,30,32)/t26-/m1/s1. The molecule has 2 aromatic heterocycles. The fourth-order valence-corrected chi connectivity index (χ4v) is 4.57. The molecule has 33 heavy (non-hydrogen) atoms. The Morgan fingerprint density at radius 3 is 2.70 bits per heavy atom. The summed E-state index contributed by atoms with van der Waals surface area (Å²) in [6.45, 7) is 0.502. The molecule has 2 amide bonds. The topological polar surface area (TPSA) is 99.0 Å². The monoisotopic (exact) mass is 437 g/mol. The Balaban J connectivity index is 1.27. The maximum Gasteiger partial charge on any atom is 0.247 e. The second-order valence-corrected chi connectivity index (χ2v) is 8.62. The fraction of sp³-hybridized carbons (Fsp3) is 0.269. The average Bonchev–Trinajstić information content (AvgIpc) is 3.63. The van der Waals surface area contributed by atoms with Crippen LogP contribution in [0, 0.1) is 22.7 Å². The van der Waals surface area contributed by atoms with Crippen LogP contribution in [-0.2, 0) is 16.0 Å². The van der Waals surface area contributed by atoms with Crippen molar-refractivity contribution < 1.29 is 9.59 Å². The Bertz CT molecular complexity index is 1250. The number of aromatic nitrogens is 2. The third-order valence-electron chi connectivity index (χ3n) is 6.46. The first kappa shape index (κ1) is 20.8. The van der Waals surface area contributed by atoms with E-state index < -0.39 is 5.41 Å². The summed E-state index contributed by atoms with van der Waals surface area (Å²) in [6.07, 6.45) is 7.68. The van der Waals surface area contributed by atoms with Gasteiger partial charge in [-0.05, 0) is 60.1 Å². The van der Waals surface area contributed by atoms with Gasteiger partial charge in [0, 0.05) is 36.9 Å².